The third kappa shape index (κ3) is 5.72. The van der Waals surface area contributed by atoms with Crippen LogP contribution in [0.15, 0.2) is 113 Å². The smallest absolute Gasteiger partial charge is 0.261 e. The van der Waals surface area contributed by atoms with Crippen molar-refractivity contribution >= 4 is 42.2 Å². The molecule has 0 heterocycles. The Kier molecular flexibility index (Phi) is 7.76. The summed E-state index contributed by atoms with van der Waals surface area (Å²) in [6.07, 6.45) is 0. The minimum absolute atomic E-state index is 0.0162. The van der Waals surface area contributed by atoms with Gasteiger partial charge in [-0.2, -0.15) is 5.26 Å². The highest BCUT2D eigenvalue weighted by atomic mass is 32.2. The molecule has 0 saturated heterocycles. The van der Waals surface area contributed by atoms with Crippen LogP contribution in [0.3, 0.4) is 0 Å². The first-order chi connectivity index (χ1) is 20.1. The number of nitriles is 1. The van der Waals surface area contributed by atoms with E-state index in [-0.39, 0.29) is 21.2 Å². The topological polar surface area (TPSA) is 135 Å². The highest BCUT2D eigenvalue weighted by molar-refractivity contribution is 7.93. The second kappa shape index (κ2) is 11.4. The molecule has 9 nitrogen and oxygen atoms in total. The molecule has 0 aliphatic carbocycles. The van der Waals surface area contributed by atoms with Crippen LogP contribution >= 0.6 is 0 Å². The normalized spacial score (nSPS) is 11.5. The van der Waals surface area contributed by atoms with Gasteiger partial charge in [-0.05, 0) is 72.3 Å². The quantitative estimate of drug-likeness (QED) is 0.212. The van der Waals surface area contributed by atoms with Crippen molar-refractivity contribution in [2.24, 2.45) is 0 Å². The number of nitrogens with zero attached hydrogens (tertiary/aromatic N) is 1. The Balaban J connectivity index is 1.69. The molecule has 0 unspecified atom stereocenters. The number of hydrogen-bond acceptors (Lipinski definition) is 7. The molecule has 5 aromatic rings. The average molecular weight is 600 g/mol. The van der Waals surface area contributed by atoms with Crippen molar-refractivity contribution in [2.45, 2.75) is 9.79 Å². The molecule has 212 valence electrons. The highest BCUT2D eigenvalue weighted by Gasteiger charge is 2.23. The van der Waals surface area contributed by atoms with Crippen LogP contribution in [0.2, 0.25) is 0 Å². The fourth-order valence-corrected chi connectivity index (χ4v) is 6.60. The molecular formula is C31H25N3O6S2. The first kappa shape index (κ1) is 28.5. The van der Waals surface area contributed by atoms with E-state index in [2.05, 4.69) is 15.5 Å². The molecule has 42 heavy (non-hydrogen) atoms. The number of ether oxygens (including phenoxy) is 2. The summed E-state index contributed by atoms with van der Waals surface area (Å²) in [5.41, 5.74) is 1.88. The minimum atomic E-state index is -4.08. The number of nitrogens with one attached hydrogen (secondary N) is 2. The van der Waals surface area contributed by atoms with E-state index in [4.69, 9.17) is 9.47 Å². The Morgan fingerprint density at radius 3 is 1.64 bits per heavy atom. The van der Waals surface area contributed by atoms with Gasteiger partial charge in [-0.1, -0.05) is 36.4 Å². The zero-order chi connectivity index (χ0) is 29.9. The molecule has 0 saturated carbocycles. The van der Waals surface area contributed by atoms with E-state index in [1.54, 1.807) is 78.9 Å². The maximum atomic E-state index is 13.6. The lowest BCUT2D eigenvalue weighted by Crippen LogP contribution is -2.16. The molecule has 0 aromatic heterocycles. The van der Waals surface area contributed by atoms with Crippen molar-refractivity contribution in [3.63, 3.8) is 0 Å². The fourth-order valence-electron chi connectivity index (χ4n) is 4.43. The number of rotatable bonds is 9. The van der Waals surface area contributed by atoms with Crippen molar-refractivity contribution in [2.75, 3.05) is 23.7 Å². The minimum Gasteiger partial charge on any atom is -0.497 e. The third-order valence-electron chi connectivity index (χ3n) is 6.59. The monoisotopic (exact) mass is 599 g/mol. The average Bonchev–Trinajstić information content (AvgIpc) is 3.02. The van der Waals surface area contributed by atoms with Gasteiger partial charge in [0.25, 0.3) is 20.0 Å². The summed E-state index contributed by atoms with van der Waals surface area (Å²) in [5, 5.41) is 10.2. The van der Waals surface area contributed by atoms with Crippen LogP contribution in [0.4, 0.5) is 11.4 Å². The number of benzene rings is 5. The van der Waals surface area contributed by atoms with E-state index in [1.807, 2.05) is 0 Å². The van der Waals surface area contributed by atoms with E-state index >= 15 is 0 Å². The van der Waals surface area contributed by atoms with Gasteiger partial charge in [-0.25, -0.2) is 16.8 Å². The molecule has 2 N–H and O–H groups in total. The number of methoxy groups -OCH3 is 2. The summed E-state index contributed by atoms with van der Waals surface area (Å²) in [6, 6.07) is 29.0. The van der Waals surface area contributed by atoms with Gasteiger partial charge in [0.15, 0.2) is 0 Å². The predicted octanol–water partition coefficient (Wildman–Crippen LogP) is 6.00. The molecule has 0 spiro atoms. The van der Waals surface area contributed by atoms with E-state index in [1.165, 1.54) is 38.5 Å². The molecule has 0 bridgehead atoms. The maximum Gasteiger partial charge on any atom is 0.261 e. The van der Waals surface area contributed by atoms with Crippen molar-refractivity contribution in [3.05, 3.63) is 109 Å². The Bertz CT molecular complexity index is 2020. The van der Waals surface area contributed by atoms with E-state index in [0.717, 1.165) is 0 Å². The highest BCUT2D eigenvalue weighted by Crippen LogP contribution is 2.41. The summed E-state index contributed by atoms with van der Waals surface area (Å²) in [4.78, 5) is 0.0408. The molecule has 5 aromatic carbocycles. The second-order valence-corrected chi connectivity index (χ2v) is 12.5. The zero-order valence-corrected chi connectivity index (χ0v) is 24.2. The van der Waals surface area contributed by atoms with Gasteiger partial charge in [-0.15, -0.1) is 0 Å². The third-order valence-corrected chi connectivity index (χ3v) is 9.34. The summed E-state index contributed by atoms with van der Waals surface area (Å²) in [6.45, 7) is 0. The first-order valence-corrected chi connectivity index (χ1v) is 15.5. The van der Waals surface area contributed by atoms with Gasteiger partial charge in [0.2, 0.25) is 0 Å². The SMILES string of the molecule is COc1ccc(S(=O)(=O)Nc2cc(-c3ccc(C#N)cc3)c(NS(=O)(=O)c3ccc(OC)cc3)c3ccccc23)cc1. The summed E-state index contributed by atoms with van der Waals surface area (Å²) >= 11 is 0. The van der Waals surface area contributed by atoms with Gasteiger partial charge in [0, 0.05) is 16.3 Å². The molecular weight excluding hydrogens is 574 g/mol. The van der Waals surface area contributed by atoms with Crippen molar-refractivity contribution in [1.82, 2.24) is 0 Å². The Morgan fingerprint density at radius 1 is 0.643 bits per heavy atom. The zero-order valence-electron chi connectivity index (χ0n) is 22.5. The molecule has 0 radical (unpaired) electrons. The fraction of sp³-hybridized carbons (Fsp3) is 0.0645. The molecule has 0 amide bonds. The van der Waals surface area contributed by atoms with Crippen LogP contribution < -0.4 is 18.9 Å². The number of fused-ring (bicyclic) bond motifs is 1. The van der Waals surface area contributed by atoms with Crippen LogP contribution in [-0.2, 0) is 20.0 Å². The van der Waals surface area contributed by atoms with Crippen LogP contribution in [0, 0.1) is 11.3 Å². The molecule has 0 atom stereocenters. The lowest BCUT2D eigenvalue weighted by molar-refractivity contribution is 0.414. The van der Waals surface area contributed by atoms with Gasteiger partial charge < -0.3 is 9.47 Å². The second-order valence-electron chi connectivity index (χ2n) is 9.14. The Morgan fingerprint density at radius 2 is 1.14 bits per heavy atom. The van der Waals surface area contributed by atoms with Crippen LogP contribution in [0.25, 0.3) is 21.9 Å². The lowest BCUT2D eigenvalue weighted by atomic mass is 9.96. The standard InChI is InChI=1S/C31H25N3O6S2/c1-39-23-11-15-25(16-12-23)41(35,36)33-30-19-29(22-9-7-21(20-32)8-10-22)31(28-6-4-3-5-27(28)30)34-42(37,38)26-17-13-24(40-2)14-18-26/h3-19,33-34H,1-2H3. The lowest BCUT2D eigenvalue weighted by Gasteiger charge is -2.20. The number of sulfonamides is 2. The Labute approximate surface area is 244 Å². The van der Waals surface area contributed by atoms with Crippen molar-refractivity contribution in [1.29, 1.82) is 5.26 Å². The van der Waals surface area contributed by atoms with E-state index in [0.29, 0.717) is 39.0 Å². The molecule has 5 rings (SSSR count). The van der Waals surface area contributed by atoms with Crippen LogP contribution in [0.1, 0.15) is 5.56 Å². The number of anilines is 2. The molecule has 0 aliphatic rings. The van der Waals surface area contributed by atoms with Gasteiger partial charge in [-0.3, -0.25) is 9.44 Å². The van der Waals surface area contributed by atoms with Crippen LogP contribution in [0.5, 0.6) is 11.5 Å². The van der Waals surface area contributed by atoms with Gasteiger partial charge in [0.1, 0.15) is 11.5 Å². The Hall–Kier alpha value is -5.05. The molecule has 0 fully saturated rings. The van der Waals surface area contributed by atoms with Gasteiger partial charge in [0.05, 0.1) is 47.0 Å². The first-order valence-electron chi connectivity index (χ1n) is 12.6. The molecule has 0 aliphatic heterocycles. The summed E-state index contributed by atoms with van der Waals surface area (Å²) < 4.78 is 69.6. The van der Waals surface area contributed by atoms with Crippen LogP contribution in [-0.4, -0.2) is 31.1 Å². The maximum absolute atomic E-state index is 13.6. The molecule has 11 heteroatoms. The van der Waals surface area contributed by atoms with E-state index < -0.39 is 20.0 Å². The van der Waals surface area contributed by atoms with E-state index in [9.17, 15) is 22.1 Å². The van der Waals surface area contributed by atoms with Gasteiger partial charge >= 0.3 is 0 Å². The summed E-state index contributed by atoms with van der Waals surface area (Å²) in [5.74, 6) is 1.02. The summed E-state index contributed by atoms with van der Waals surface area (Å²) in [7, 11) is -5.14. The van der Waals surface area contributed by atoms with Crippen molar-refractivity contribution < 1.29 is 26.3 Å². The number of hydrogen-bond donors (Lipinski definition) is 2. The largest absolute Gasteiger partial charge is 0.497 e. The van der Waals surface area contributed by atoms with Crippen molar-refractivity contribution in [3.8, 4) is 28.7 Å². The predicted molar refractivity (Wildman–Crippen MR) is 162 cm³/mol.